The highest BCUT2D eigenvalue weighted by Crippen LogP contribution is 2.23. The van der Waals surface area contributed by atoms with Gasteiger partial charge in [-0.1, -0.05) is 19.3 Å². The summed E-state index contributed by atoms with van der Waals surface area (Å²) in [6.07, 6.45) is 4.35. The number of rotatable bonds is 3. The third-order valence-electron chi connectivity index (χ3n) is 4.09. The first kappa shape index (κ1) is 17.3. The largest absolute Gasteiger partial charge is 0.396 e. The van der Waals surface area contributed by atoms with Gasteiger partial charge in [0.15, 0.2) is 0 Å². The zero-order chi connectivity index (χ0) is 16.8. The van der Waals surface area contributed by atoms with Crippen LogP contribution in [0.4, 0.5) is 14.5 Å². The van der Waals surface area contributed by atoms with Gasteiger partial charge in [0.05, 0.1) is 5.69 Å². The molecule has 1 fully saturated rings. The summed E-state index contributed by atoms with van der Waals surface area (Å²) in [6.45, 7) is -0.0644. The monoisotopic (exact) mass is 326 g/mol. The molecule has 1 aliphatic rings. The summed E-state index contributed by atoms with van der Waals surface area (Å²) in [5, 5.41) is 14.0. The molecule has 0 spiro atoms. The lowest BCUT2D eigenvalue weighted by Crippen LogP contribution is -2.46. The highest BCUT2D eigenvalue weighted by atomic mass is 19.1. The number of amides is 2. The number of aliphatic hydroxyl groups excluding tert-OH is 1. The fraction of sp³-hybridized carbons (Fsp3) is 0.500. The van der Waals surface area contributed by atoms with E-state index in [1.807, 2.05) is 0 Å². The second-order valence-electron chi connectivity index (χ2n) is 5.74. The lowest BCUT2D eigenvalue weighted by molar-refractivity contribution is -0.137. The molecule has 0 aromatic heterocycles. The van der Waals surface area contributed by atoms with Gasteiger partial charge in [-0.05, 0) is 25.0 Å². The first-order valence-corrected chi connectivity index (χ1v) is 7.69. The molecule has 1 aliphatic carbocycles. The van der Waals surface area contributed by atoms with E-state index in [-0.39, 0.29) is 24.3 Å². The van der Waals surface area contributed by atoms with Crippen LogP contribution in [0, 0.1) is 17.6 Å². The SMILES string of the molecule is O=C(Nc1cc(F)ccc1F)C(=O)NC1CCCCCC1CO. The topological polar surface area (TPSA) is 78.4 Å². The van der Waals surface area contributed by atoms with Crippen molar-refractivity contribution in [2.24, 2.45) is 5.92 Å². The van der Waals surface area contributed by atoms with Crippen LogP contribution < -0.4 is 10.6 Å². The van der Waals surface area contributed by atoms with Gasteiger partial charge in [0.2, 0.25) is 0 Å². The average Bonchev–Trinajstić information content (AvgIpc) is 2.75. The van der Waals surface area contributed by atoms with Crippen molar-refractivity contribution in [1.29, 1.82) is 0 Å². The molecule has 0 aliphatic heterocycles. The smallest absolute Gasteiger partial charge is 0.313 e. The standard InChI is InChI=1S/C16H20F2N2O3/c17-11-6-7-12(18)14(8-11)20-16(23)15(22)19-13-5-3-1-2-4-10(13)9-21/h6-8,10,13,21H,1-5,9H2,(H,19,22)(H,20,23). The number of halogens is 2. The van der Waals surface area contributed by atoms with Gasteiger partial charge in [0.25, 0.3) is 0 Å². The summed E-state index contributed by atoms with van der Waals surface area (Å²) in [6, 6.07) is 2.30. The molecule has 1 aromatic rings. The quantitative estimate of drug-likeness (QED) is 0.587. The number of benzene rings is 1. The highest BCUT2D eigenvalue weighted by molar-refractivity contribution is 6.39. The number of hydrogen-bond acceptors (Lipinski definition) is 3. The zero-order valence-corrected chi connectivity index (χ0v) is 12.6. The Labute approximate surface area is 133 Å². The summed E-state index contributed by atoms with van der Waals surface area (Å²) >= 11 is 0. The van der Waals surface area contributed by atoms with E-state index in [1.54, 1.807) is 0 Å². The summed E-state index contributed by atoms with van der Waals surface area (Å²) < 4.78 is 26.5. The molecule has 0 saturated heterocycles. The maximum atomic E-state index is 13.5. The van der Waals surface area contributed by atoms with Crippen LogP contribution in [-0.2, 0) is 9.59 Å². The minimum atomic E-state index is -1.06. The highest BCUT2D eigenvalue weighted by Gasteiger charge is 2.27. The number of anilines is 1. The van der Waals surface area contributed by atoms with Gasteiger partial charge in [0.1, 0.15) is 11.6 Å². The minimum Gasteiger partial charge on any atom is -0.396 e. The second kappa shape index (κ2) is 8.01. The Morgan fingerprint density at radius 2 is 1.87 bits per heavy atom. The number of carbonyl (C=O) groups is 2. The summed E-state index contributed by atoms with van der Waals surface area (Å²) in [7, 11) is 0. The number of aliphatic hydroxyl groups is 1. The van der Waals surface area contributed by atoms with E-state index in [0.29, 0.717) is 6.42 Å². The van der Waals surface area contributed by atoms with Crippen LogP contribution >= 0.6 is 0 Å². The van der Waals surface area contributed by atoms with Crippen molar-refractivity contribution in [3.8, 4) is 0 Å². The molecule has 126 valence electrons. The van der Waals surface area contributed by atoms with Gasteiger partial charge in [-0.3, -0.25) is 9.59 Å². The Morgan fingerprint density at radius 3 is 2.61 bits per heavy atom. The third-order valence-corrected chi connectivity index (χ3v) is 4.09. The zero-order valence-electron chi connectivity index (χ0n) is 12.6. The molecular formula is C16H20F2N2O3. The Hall–Kier alpha value is -2.02. The normalized spacial score (nSPS) is 21.3. The van der Waals surface area contributed by atoms with Crippen LogP contribution in [0.25, 0.3) is 0 Å². The van der Waals surface area contributed by atoms with Crippen LogP contribution in [0.3, 0.4) is 0 Å². The number of hydrogen-bond donors (Lipinski definition) is 3. The molecule has 0 heterocycles. The van der Waals surface area contributed by atoms with Crippen molar-refractivity contribution >= 4 is 17.5 Å². The molecule has 2 unspecified atom stereocenters. The van der Waals surface area contributed by atoms with E-state index in [4.69, 9.17) is 0 Å². The summed E-state index contributed by atoms with van der Waals surface area (Å²) in [4.78, 5) is 23.8. The molecule has 1 aromatic carbocycles. The number of nitrogens with one attached hydrogen (secondary N) is 2. The number of carbonyl (C=O) groups excluding carboxylic acids is 2. The van der Waals surface area contributed by atoms with E-state index in [1.165, 1.54) is 0 Å². The Balaban J connectivity index is 1.98. The predicted octanol–water partition coefficient (Wildman–Crippen LogP) is 1.96. The van der Waals surface area contributed by atoms with Gasteiger partial charge in [-0.15, -0.1) is 0 Å². The molecule has 5 nitrogen and oxygen atoms in total. The molecule has 2 rings (SSSR count). The van der Waals surface area contributed by atoms with E-state index < -0.39 is 23.4 Å². The maximum Gasteiger partial charge on any atom is 0.313 e. The van der Waals surface area contributed by atoms with Gasteiger partial charge < -0.3 is 15.7 Å². The van der Waals surface area contributed by atoms with E-state index in [9.17, 15) is 23.5 Å². The molecular weight excluding hydrogens is 306 g/mol. The fourth-order valence-corrected chi connectivity index (χ4v) is 2.80. The van der Waals surface area contributed by atoms with E-state index >= 15 is 0 Å². The van der Waals surface area contributed by atoms with Gasteiger partial charge in [0, 0.05) is 24.6 Å². The molecule has 1 saturated carbocycles. The Kier molecular flexibility index (Phi) is 6.04. The van der Waals surface area contributed by atoms with E-state index in [2.05, 4.69) is 10.6 Å². The maximum absolute atomic E-state index is 13.5. The minimum absolute atomic E-state index is 0.0644. The summed E-state index contributed by atoms with van der Waals surface area (Å²) in [5.41, 5.74) is -0.385. The van der Waals surface area contributed by atoms with Crippen LogP contribution in [0.1, 0.15) is 32.1 Å². The van der Waals surface area contributed by atoms with Gasteiger partial charge in [-0.2, -0.15) is 0 Å². The van der Waals surface area contributed by atoms with Crippen LogP contribution in [-0.4, -0.2) is 29.6 Å². The molecule has 2 atom stereocenters. The molecule has 7 heteroatoms. The van der Waals surface area contributed by atoms with Gasteiger partial charge in [-0.25, -0.2) is 8.78 Å². The molecule has 2 amide bonds. The van der Waals surface area contributed by atoms with Crippen molar-refractivity contribution in [1.82, 2.24) is 5.32 Å². The molecule has 23 heavy (non-hydrogen) atoms. The van der Waals surface area contributed by atoms with Crippen LogP contribution in [0.15, 0.2) is 18.2 Å². The van der Waals surface area contributed by atoms with Crippen molar-refractivity contribution < 1.29 is 23.5 Å². The van der Waals surface area contributed by atoms with Gasteiger partial charge >= 0.3 is 11.8 Å². The molecule has 0 bridgehead atoms. The van der Waals surface area contributed by atoms with Crippen molar-refractivity contribution in [2.75, 3.05) is 11.9 Å². The van der Waals surface area contributed by atoms with Crippen molar-refractivity contribution in [2.45, 2.75) is 38.1 Å². The predicted molar refractivity (Wildman–Crippen MR) is 80.6 cm³/mol. The fourth-order valence-electron chi connectivity index (χ4n) is 2.80. The molecule has 3 N–H and O–H groups in total. The van der Waals surface area contributed by atoms with Crippen molar-refractivity contribution in [3.63, 3.8) is 0 Å². The Bertz CT molecular complexity index is 580. The van der Waals surface area contributed by atoms with E-state index in [0.717, 1.165) is 43.9 Å². The third kappa shape index (κ3) is 4.72. The lowest BCUT2D eigenvalue weighted by atomic mass is 9.95. The second-order valence-corrected chi connectivity index (χ2v) is 5.74. The van der Waals surface area contributed by atoms with Crippen LogP contribution in [0.2, 0.25) is 0 Å². The first-order chi connectivity index (χ1) is 11.0. The average molecular weight is 326 g/mol. The van der Waals surface area contributed by atoms with Crippen molar-refractivity contribution in [3.05, 3.63) is 29.8 Å². The lowest BCUT2D eigenvalue weighted by Gasteiger charge is -2.24. The Morgan fingerprint density at radius 1 is 1.13 bits per heavy atom. The molecule has 0 radical (unpaired) electrons. The van der Waals surface area contributed by atoms with Crippen LogP contribution in [0.5, 0.6) is 0 Å². The first-order valence-electron chi connectivity index (χ1n) is 7.69. The summed E-state index contributed by atoms with van der Waals surface area (Å²) in [5.74, 6) is -3.61.